The van der Waals surface area contributed by atoms with Crippen LogP contribution in [0.25, 0.3) is 0 Å². The molecule has 27 heavy (non-hydrogen) atoms. The van der Waals surface area contributed by atoms with Crippen molar-refractivity contribution in [2.75, 3.05) is 32.1 Å². The molecule has 0 radical (unpaired) electrons. The summed E-state index contributed by atoms with van der Waals surface area (Å²) in [7, 11) is 3.29. The van der Waals surface area contributed by atoms with Gasteiger partial charge in [-0.2, -0.15) is 0 Å². The highest BCUT2D eigenvalue weighted by molar-refractivity contribution is 5.98. The number of ether oxygens (including phenoxy) is 1. The molecule has 6 heteroatoms. The summed E-state index contributed by atoms with van der Waals surface area (Å²) in [5.41, 5.74) is 2.56. The maximum absolute atomic E-state index is 12.8. The molecule has 142 valence electrons. The zero-order chi connectivity index (χ0) is 19.4. The Morgan fingerprint density at radius 1 is 1.19 bits per heavy atom. The van der Waals surface area contributed by atoms with Crippen molar-refractivity contribution in [2.24, 2.45) is 5.92 Å². The van der Waals surface area contributed by atoms with Crippen LogP contribution in [-0.4, -0.2) is 48.9 Å². The SMILES string of the molecule is COc1ccc(N(C)C(=O)N2CCC(C(=O)c3cccc(C)c3)CC2)cn1. The summed E-state index contributed by atoms with van der Waals surface area (Å²) in [5, 5.41) is 0. The molecule has 2 heterocycles. The van der Waals surface area contributed by atoms with E-state index in [1.54, 1.807) is 42.3 Å². The number of anilines is 1. The van der Waals surface area contributed by atoms with Gasteiger partial charge in [0.05, 0.1) is 19.0 Å². The van der Waals surface area contributed by atoms with Gasteiger partial charge >= 0.3 is 6.03 Å². The smallest absolute Gasteiger partial charge is 0.324 e. The fraction of sp³-hybridized carbons (Fsp3) is 0.381. The molecule has 2 amide bonds. The van der Waals surface area contributed by atoms with Crippen molar-refractivity contribution in [2.45, 2.75) is 19.8 Å². The van der Waals surface area contributed by atoms with Gasteiger partial charge in [-0.15, -0.1) is 0 Å². The number of amides is 2. The Kier molecular flexibility index (Phi) is 5.74. The molecule has 0 unspecified atom stereocenters. The molecule has 3 rings (SSSR count). The molecule has 1 aromatic carbocycles. The molecule has 0 bridgehead atoms. The number of likely N-dealkylation sites (tertiary alicyclic amines) is 1. The molecular formula is C21H25N3O3. The molecule has 1 aliphatic heterocycles. The van der Waals surface area contributed by atoms with E-state index in [0.717, 1.165) is 11.1 Å². The van der Waals surface area contributed by atoms with Crippen molar-refractivity contribution >= 4 is 17.5 Å². The Labute approximate surface area is 159 Å². The number of rotatable bonds is 4. The van der Waals surface area contributed by atoms with Crippen molar-refractivity contribution in [3.63, 3.8) is 0 Å². The van der Waals surface area contributed by atoms with Gasteiger partial charge in [-0.1, -0.05) is 23.8 Å². The Balaban J connectivity index is 1.59. The van der Waals surface area contributed by atoms with Crippen molar-refractivity contribution < 1.29 is 14.3 Å². The largest absolute Gasteiger partial charge is 0.481 e. The lowest BCUT2D eigenvalue weighted by molar-refractivity contribution is 0.0857. The first-order chi connectivity index (χ1) is 13.0. The fourth-order valence-corrected chi connectivity index (χ4v) is 3.38. The lowest BCUT2D eigenvalue weighted by Gasteiger charge is -2.34. The maximum atomic E-state index is 12.8. The van der Waals surface area contributed by atoms with Crippen LogP contribution in [0.15, 0.2) is 42.6 Å². The number of carbonyl (C=O) groups is 2. The summed E-state index contributed by atoms with van der Waals surface area (Å²) in [6, 6.07) is 11.2. The molecule has 1 fully saturated rings. The number of methoxy groups -OCH3 is 1. The quantitative estimate of drug-likeness (QED) is 0.776. The van der Waals surface area contributed by atoms with Gasteiger partial charge in [0.25, 0.3) is 0 Å². The van der Waals surface area contributed by atoms with Crippen LogP contribution in [-0.2, 0) is 0 Å². The number of aromatic nitrogens is 1. The van der Waals surface area contributed by atoms with Crippen LogP contribution in [0.4, 0.5) is 10.5 Å². The van der Waals surface area contributed by atoms with Gasteiger partial charge in [-0.05, 0) is 31.9 Å². The van der Waals surface area contributed by atoms with E-state index in [2.05, 4.69) is 4.98 Å². The minimum atomic E-state index is -0.0802. The second kappa shape index (κ2) is 8.20. The third-order valence-electron chi connectivity index (χ3n) is 5.04. The topological polar surface area (TPSA) is 62.7 Å². The molecule has 6 nitrogen and oxygen atoms in total. The van der Waals surface area contributed by atoms with Crippen LogP contribution in [0.3, 0.4) is 0 Å². The number of piperidine rings is 1. The van der Waals surface area contributed by atoms with Crippen molar-refractivity contribution in [1.82, 2.24) is 9.88 Å². The average Bonchev–Trinajstić information content (AvgIpc) is 2.72. The number of benzene rings is 1. The van der Waals surface area contributed by atoms with Gasteiger partial charge in [0.1, 0.15) is 0 Å². The van der Waals surface area contributed by atoms with E-state index in [4.69, 9.17) is 4.74 Å². The number of hydrogen-bond donors (Lipinski definition) is 0. The second-order valence-electron chi connectivity index (χ2n) is 6.90. The van der Waals surface area contributed by atoms with Gasteiger partial charge in [0.2, 0.25) is 5.88 Å². The van der Waals surface area contributed by atoms with E-state index in [1.807, 2.05) is 31.2 Å². The molecule has 0 atom stereocenters. The highest BCUT2D eigenvalue weighted by Gasteiger charge is 2.29. The predicted octanol–water partition coefficient (Wildman–Crippen LogP) is 3.55. The van der Waals surface area contributed by atoms with Crippen LogP contribution in [0.2, 0.25) is 0 Å². The van der Waals surface area contributed by atoms with E-state index in [1.165, 1.54) is 0 Å². The standard InChI is InChI=1S/C21H25N3O3/c1-15-5-4-6-17(13-15)20(25)16-9-11-24(12-10-16)21(26)23(2)18-7-8-19(27-3)22-14-18/h4-8,13-14,16H,9-12H2,1-3H3. The lowest BCUT2D eigenvalue weighted by Crippen LogP contribution is -2.46. The molecule has 1 saturated heterocycles. The number of nitrogens with zero attached hydrogens (tertiary/aromatic N) is 3. The first-order valence-electron chi connectivity index (χ1n) is 9.13. The summed E-state index contributed by atoms with van der Waals surface area (Å²) in [6.07, 6.45) is 2.99. The van der Waals surface area contributed by atoms with E-state index in [-0.39, 0.29) is 17.7 Å². The van der Waals surface area contributed by atoms with Crippen LogP contribution >= 0.6 is 0 Å². The molecule has 1 aliphatic rings. The summed E-state index contributed by atoms with van der Waals surface area (Å²) >= 11 is 0. The zero-order valence-electron chi connectivity index (χ0n) is 16.0. The van der Waals surface area contributed by atoms with E-state index < -0.39 is 0 Å². The second-order valence-corrected chi connectivity index (χ2v) is 6.90. The first kappa shape index (κ1) is 18.9. The van der Waals surface area contributed by atoms with Crippen LogP contribution in [0.5, 0.6) is 5.88 Å². The van der Waals surface area contributed by atoms with E-state index >= 15 is 0 Å². The molecule has 0 saturated carbocycles. The Bertz CT molecular complexity index is 812. The normalized spacial score (nSPS) is 14.7. The highest BCUT2D eigenvalue weighted by atomic mass is 16.5. The summed E-state index contributed by atoms with van der Waals surface area (Å²) in [4.78, 5) is 33.0. The number of ketones is 1. The van der Waals surface area contributed by atoms with Gasteiger partial charge in [-0.3, -0.25) is 9.69 Å². The Morgan fingerprint density at radius 2 is 1.93 bits per heavy atom. The minimum absolute atomic E-state index is 0.0243. The third kappa shape index (κ3) is 4.27. The molecule has 2 aromatic rings. The lowest BCUT2D eigenvalue weighted by atomic mass is 9.88. The first-order valence-corrected chi connectivity index (χ1v) is 9.13. The number of carbonyl (C=O) groups excluding carboxylic acids is 2. The van der Waals surface area contributed by atoms with Crippen molar-refractivity contribution in [1.29, 1.82) is 0 Å². The van der Waals surface area contributed by atoms with Crippen LogP contribution < -0.4 is 9.64 Å². The number of aryl methyl sites for hydroxylation is 1. The van der Waals surface area contributed by atoms with Gasteiger partial charge < -0.3 is 9.64 Å². The summed E-state index contributed by atoms with van der Waals surface area (Å²) in [5.74, 6) is 0.664. The molecule has 0 N–H and O–H groups in total. The molecule has 0 aliphatic carbocycles. The number of pyridine rings is 1. The molecule has 1 aromatic heterocycles. The minimum Gasteiger partial charge on any atom is -0.481 e. The number of urea groups is 1. The monoisotopic (exact) mass is 367 g/mol. The fourth-order valence-electron chi connectivity index (χ4n) is 3.38. The van der Waals surface area contributed by atoms with Gasteiger partial charge in [-0.25, -0.2) is 9.78 Å². The predicted molar refractivity (Wildman–Crippen MR) is 104 cm³/mol. The van der Waals surface area contributed by atoms with Crippen molar-refractivity contribution in [3.8, 4) is 5.88 Å². The zero-order valence-corrected chi connectivity index (χ0v) is 16.0. The van der Waals surface area contributed by atoms with Crippen LogP contribution in [0.1, 0.15) is 28.8 Å². The van der Waals surface area contributed by atoms with Crippen molar-refractivity contribution in [3.05, 3.63) is 53.7 Å². The maximum Gasteiger partial charge on any atom is 0.324 e. The number of Topliss-reactive ketones (excluding diaryl/α,β-unsaturated/α-hetero) is 1. The van der Waals surface area contributed by atoms with E-state index in [0.29, 0.717) is 37.5 Å². The molecular weight excluding hydrogens is 342 g/mol. The Hall–Kier alpha value is -2.89. The van der Waals surface area contributed by atoms with E-state index in [9.17, 15) is 9.59 Å². The molecule has 0 spiro atoms. The average molecular weight is 367 g/mol. The van der Waals surface area contributed by atoms with Gasteiger partial charge in [0.15, 0.2) is 5.78 Å². The summed E-state index contributed by atoms with van der Waals surface area (Å²) < 4.78 is 5.05. The third-order valence-corrected chi connectivity index (χ3v) is 5.04. The highest BCUT2D eigenvalue weighted by Crippen LogP contribution is 2.24. The van der Waals surface area contributed by atoms with Crippen LogP contribution in [0, 0.1) is 12.8 Å². The Morgan fingerprint density at radius 3 is 2.52 bits per heavy atom. The summed E-state index contributed by atoms with van der Waals surface area (Å²) in [6.45, 7) is 3.14. The number of hydrogen-bond acceptors (Lipinski definition) is 4. The van der Waals surface area contributed by atoms with Gasteiger partial charge in [0, 0.05) is 37.7 Å².